The Morgan fingerprint density at radius 3 is 2.41 bits per heavy atom. The number of aliphatic hydroxyl groups excluding tert-OH is 1. The molecule has 2 aromatic carbocycles. The molecule has 41 heavy (non-hydrogen) atoms. The van der Waals surface area contributed by atoms with Gasteiger partial charge in [0.2, 0.25) is 0 Å². The molecular weight excluding hydrogens is 538 g/mol. The molecule has 1 aliphatic rings. The maximum absolute atomic E-state index is 15.1. The van der Waals surface area contributed by atoms with Crippen molar-refractivity contribution in [3.8, 4) is 11.3 Å². The summed E-state index contributed by atoms with van der Waals surface area (Å²) in [5, 5.41) is 73.7. The molecule has 12 nitrogen and oxygen atoms in total. The highest BCUT2D eigenvalue weighted by Crippen LogP contribution is 2.45. The Balaban J connectivity index is 1.85. The fourth-order valence-corrected chi connectivity index (χ4v) is 4.48. The zero-order valence-electron chi connectivity index (χ0n) is 22.3. The number of aliphatic imine (C=N–C) groups is 1. The standard InChI is InChI=1S/C27H28BFN4O8/c1-5-10-30-21(14(2)3)23(34)15-6-9-19(29)18(11-15)22-17-8-7-16(12-20(17)31-13-32-22)33-24(4,35)25(28,36)41-27(39,40)26(33,37)38/h5-13,23,34-40H,1H2,2-4H3. The van der Waals surface area contributed by atoms with Crippen molar-refractivity contribution in [2.45, 2.75) is 50.2 Å². The van der Waals surface area contributed by atoms with Gasteiger partial charge in [-0.1, -0.05) is 24.3 Å². The monoisotopic (exact) mass is 566 g/mol. The summed E-state index contributed by atoms with van der Waals surface area (Å²) in [6, 6.07) is 7.68. The van der Waals surface area contributed by atoms with Crippen LogP contribution in [0.15, 0.2) is 71.6 Å². The summed E-state index contributed by atoms with van der Waals surface area (Å²) in [6.45, 7) is 7.94. The molecule has 3 atom stereocenters. The second-order valence-corrected chi connectivity index (χ2v) is 9.86. The molecule has 7 N–H and O–H groups in total. The SMILES string of the molecule is [B]C1(O)OC(O)(O)C(O)(O)N(c2ccc3c(-c4cc(C(O)C(N=CC=C)=C(C)C)ccc4F)ncnc3c2)C1(C)O. The lowest BCUT2D eigenvalue weighted by Crippen LogP contribution is -2.84. The summed E-state index contributed by atoms with van der Waals surface area (Å²) >= 11 is 0. The van der Waals surface area contributed by atoms with E-state index in [1.807, 2.05) is 0 Å². The molecule has 3 aromatic rings. The fourth-order valence-electron chi connectivity index (χ4n) is 4.48. The van der Waals surface area contributed by atoms with Gasteiger partial charge in [-0.05, 0) is 56.7 Å². The van der Waals surface area contributed by atoms with E-state index >= 15 is 4.39 Å². The van der Waals surface area contributed by atoms with Crippen LogP contribution in [-0.2, 0) is 4.74 Å². The topological polar surface area (TPSA) is 192 Å². The van der Waals surface area contributed by atoms with Gasteiger partial charge in [0.15, 0.2) is 19.3 Å². The number of hydrogen-bond donors (Lipinski definition) is 7. The first-order valence-electron chi connectivity index (χ1n) is 12.1. The number of ether oxygens (including phenoxy) is 1. The molecule has 0 spiro atoms. The van der Waals surface area contributed by atoms with Crippen molar-refractivity contribution < 1.29 is 44.9 Å². The molecule has 0 amide bonds. The molecule has 1 fully saturated rings. The van der Waals surface area contributed by atoms with Crippen LogP contribution in [0.25, 0.3) is 22.2 Å². The van der Waals surface area contributed by atoms with Crippen molar-refractivity contribution in [2.24, 2.45) is 4.99 Å². The van der Waals surface area contributed by atoms with Crippen molar-refractivity contribution in [1.82, 2.24) is 9.97 Å². The van der Waals surface area contributed by atoms with Crippen molar-refractivity contribution in [3.63, 3.8) is 0 Å². The van der Waals surface area contributed by atoms with Gasteiger partial charge in [-0.3, -0.25) is 14.6 Å². The van der Waals surface area contributed by atoms with E-state index in [0.29, 0.717) is 11.3 Å². The Morgan fingerprint density at radius 2 is 1.78 bits per heavy atom. The maximum atomic E-state index is 15.1. The molecule has 3 unspecified atom stereocenters. The van der Waals surface area contributed by atoms with Crippen LogP contribution in [-0.4, -0.2) is 83.1 Å². The molecule has 14 heteroatoms. The Hall–Kier alpha value is -3.60. The molecule has 1 aliphatic heterocycles. The number of morpholine rings is 1. The highest BCUT2D eigenvalue weighted by Gasteiger charge is 2.70. The highest BCUT2D eigenvalue weighted by molar-refractivity contribution is 6.14. The number of aliphatic hydroxyl groups is 7. The summed E-state index contributed by atoms with van der Waals surface area (Å²) in [7, 11) is 5.51. The van der Waals surface area contributed by atoms with E-state index in [9.17, 15) is 35.7 Å². The Bertz CT molecular complexity index is 1540. The number of halogens is 1. The van der Waals surface area contributed by atoms with Crippen LogP contribution in [0.4, 0.5) is 10.1 Å². The van der Waals surface area contributed by atoms with Crippen LogP contribution in [0.3, 0.4) is 0 Å². The maximum Gasteiger partial charge on any atom is 0.359 e. The van der Waals surface area contributed by atoms with E-state index in [1.54, 1.807) is 13.8 Å². The summed E-state index contributed by atoms with van der Waals surface area (Å²) in [5.74, 6) is -8.27. The minimum Gasteiger partial charge on any atom is -0.382 e. The molecule has 1 saturated heterocycles. The second kappa shape index (κ2) is 10.3. The Morgan fingerprint density at radius 1 is 1.10 bits per heavy atom. The minimum atomic E-state index is -3.87. The van der Waals surface area contributed by atoms with Gasteiger partial charge >= 0.3 is 11.9 Å². The van der Waals surface area contributed by atoms with Crippen LogP contribution in [0.5, 0.6) is 0 Å². The summed E-state index contributed by atoms with van der Waals surface area (Å²) in [4.78, 5) is 12.8. The third-order valence-corrected chi connectivity index (χ3v) is 6.69. The first kappa shape index (κ1) is 30.4. The molecule has 214 valence electrons. The zero-order valence-corrected chi connectivity index (χ0v) is 22.3. The Labute approximate surface area is 235 Å². The van der Waals surface area contributed by atoms with Gasteiger partial charge in [-0.25, -0.2) is 14.4 Å². The number of hydrogen-bond acceptors (Lipinski definition) is 12. The lowest BCUT2D eigenvalue weighted by atomic mass is 9.81. The van der Waals surface area contributed by atoms with Crippen molar-refractivity contribution in [3.05, 3.63) is 78.0 Å². The smallest absolute Gasteiger partial charge is 0.359 e. The lowest BCUT2D eigenvalue weighted by Gasteiger charge is -2.59. The number of fused-ring (bicyclic) bond motifs is 1. The largest absolute Gasteiger partial charge is 0.382 e. The van der Waals surface area contributed by atoms with Gasteiger partial charge < -0.3 is 35.7 Å². The lowest BCUT2D eigenvalue weighted by molar-refractivity contribution is -0.530. The highest BCUT2D eigenvalue weighted by atomic mass is 19.1. The normalized spacial score (nSPS) is 24.4. The quantitative estimate of drug-likeness (QED) is 0.126. The van der Waals surface area contributed by atoms with Gasteiger partial charge in [-0.2, -0.15) is 0 Å². The van der Waals surface area contributed by atoms with Crippen LogP contribution in [0.1, 0.15) is 32.4 Å². The van der Waals surface area contributed by atoms with Crippen LogP contribution >= 0.6 is 0 Å². The number of rotatable bonds is 6. The van der Waals surface area contributed by atoms with Gasteiger partial charge in [0.05, 0.1) is 16.9 Å². The summed E-state index contributed by atoms with van der Waals surface area (Å²) in [5.41, 5.74) is -4.79. The van der Waals surface area contributed by atoms with E-state index < -0.39 is 35.2 Å². The van der Waals surface area contributed by atoms with Gasteiger partial charge in [0.25, 0.3) is 0 Å². The molecule has 0 aliphatic carbocycles. The number of aromatic nitrogens is 2. The fraction of sp³-hybridized carbons (Fsp3) is 0.296. The predicted octanol–water partition coefficient (Wildman–Crippen LogP) is 0.656. The third kappa shape index (κ3) is 5.05. The zero-order chi connectivity index (χ0) is 30.5. The van der Waals surface area contributed by atoms with Crippen molar-refractivity contribution >= 4 is 30.7 Å². The molecule has 2 heterocycles. The van der Waals surface area contributed by atoms with Gasteiger partial charge in [0.1, 0.15) is 18.2 Å². The molecule has 2 radical (unpaired) electrons. The first-order valence-corrected chi connectivity index (χ1v) is 12.1. The molecular formula is C27H28BFN4O8. The predicted molar refractivity (Wildman–Crippen MR) is 146 cm³/mol. The summed E-state index contributed by atoms with van der Waals surface area (Å²) < 4.78 is 19.5. The van der Waals surface area contributed by atoms with Crippen LogP contribution in [0, 0.1) is 5.82 Å². The second-order valence-electron chi connectivity index (χ2n) is 9.86. The van der Waals surface area contributed by atoms with Crippen molar-refractivity contribution in [2.75, 3.05) is 4.90 Å². The van der Waals surface area contributed by atoms with E-state index in [4.69, 9.17) is 7.85 Å². The third-order valence-electron chi connectivity index (χ3n) is 6.69. The van der Waals surface area contributed by atoms with Gasteiger partial charge in [-0.15, -0.1) is 0 Å². The summed E-state index contributed by atoms with van der Waals surface area (Å²) in [6.07, 6.45) is 2.78. The average molecular weight is 566 g/mol. The van der Waals surface area contributed by atoms with E-state index in [1.165, 1.54) is 42.6 Å². The van der Waals surface area contributed by atoms with E-state index in [2.05, 4.69) is 26.3 Å². The van der Waals surface area contributed by atoms with Crippen molar-refractivity contribution in [1.29, 1.82) is 0 Å². The minimum absolute atomic E-state index is 0.000560. The van der Waals surface area contributed by atoms with E-state index in [0.717, 1.165) is 24.9 Å². The molecule has 4 rings (SSSR count). The average Bonchev–Trinajstić information content (AvgIpc) is 2.87. The number of nitrogens with zero attached hydrogens (tertiary/aromatic N) is 4. The Kier molecular flexibility index (Phi) is 7.66. The van der Waals surface area contributed by atoms with Gasteiger partial charge in [0, 0.05) is 22.9 Å². The molecule has 0 bridgehead atoms. The first-order chi connectivity index (χ1) is 19.0. The molecule has 0 saturated carbocycles. The molecule has 1 aromatic heterocycles. The van der Waals surface area contributed by atoms with Crippen LogP contribution in [0.2, 0.25) is 0 Å². The number of anilines is 1. The van der Waals surface area contributed by atoms with Crippen LogP contribution < -0.4 is 4.90 Å². The number of allylic oxidation sites excluding steroid dienone is 2. The van der Waals surface area contributed by atoms with E-state index in [-0.39, 0.29) is 32.7 Å². The number of benzene rings is 2.